The van der Waals surface area contributed by atoms with E-state index in [4.69, 9.17) is 4.98 Å². The van der Waals surface area contributed by atoms with Crippen molar-refractivity contribution >= 4 is 16.5 Å². The van der Waals surface area contributed by atoms with Gasteiger partial charge >= 0.3 is 0 Å². The van der Waals surface area contributed by atoms with Gasteiger partial charge in [-0.15, -0.1) is 0 Å². The van der Waals surface area contributed by atoms with E-state index in [0.29, 0.717) is 6.04 Å². The smallest absolute Gasteiger partial charge is 0.185 e. The lowest BCUT2D eigenvalue weighted by Gasteiger charge is -2.19. The van der Waals surface area contributed by atoms with E-state index in [1.54, 1.807) is 0 Å². The van der Waals surface area contributed by atoms with Crippen LogP contribution in [0.25, 0.3) is 0 Å². The van der Waals surface area contributed by atoms with Crippen LogP contribution in [-0.2, 0) is 13.0 Å². The molecule has 0 saturated heterocycles. The Bertz CT molecular complexity index is 567. The molecule has 1 unspecified atom stereocenters. The molecule has 5 heteroatoms. The summed E-state index contributed by atoms with van der Waals surface area (Å²) in [6.07, 6.45) is 7.25. The summed E-state index contributed by atoms with van der Waals surface area (Å²) >= 11 is 1.83. The maximum absolute atomic E-state index is 4.83. The normalized spacial score (nSPS) is 17.8. The van der Waals surface area contributed by atoms with Crippen LogP contribution in [0.3, 0.4) is 0 Å². The number of pyridine rings is 1. The average molecular weight is 288 g/mol. The molecule has 0 saturated carbocycles. The average Bonchev–Trinajstić information content (AvgIpc) is 2.92. The van der Waals surface area contributed by atoms with Gasteiger partial charge in [0.2, 0.25) is 0 Å². The topological polar surface area (TPSA) is 41.1 Å². The molecule has 4 nitrogen and oxygen atoms in total. The summed E-state index contributed by atoms with van der Waals surface area (Å²) in [6, 6.07) is 4.60. The van der Waals surface area contributed by atoms with Crippen LogP contribution in [-0.4, -0.2) is 24.1 Å². The molecule has 1 atom stereocenters. The van der Waals surface area contributed by atoms with E-state index < -0.39 is 0 Å². The first kappa shape index (κ1) is 13.5. The predicted molar refractivity (Wildman–Crippen MR) is 83.2 cm³/mol. The Hall–Kier alpha value is -1.46. The van der Waals surface area contributed by atoms with Crippen molar-refractivity contribution in [3.63, 3.8) is 0 Å². The second-order valence-corrected chi connectivity index (χ2v) is 6.26. The highest BCUT2D eigenvalue weighted by molar-refractivity contribution is 7.15. The highest BCUT2D eigenvalue weighted by atomic mass is 32.1. The molecule has 1 aliphatic rings. The molecule has 1 N–H and O–H groups in total. The summed E-state index contributed by atoms with van der Waals surface area (Å²) < 4.78 is 0. The quantitative estimate of drug-likeness (QED) is 0.939. The molecular weight excluding hydrogens is 268 g/mol. The van der Waals surface area contributed by atoms with Gasteiger partial charge in [-0.25, -0.2) is 4.98 Å². The zero-order valence-corrected chi connectivity index (χ0v) is 12.8. The summed E-state index contributed by atoms with van der Waals surface area (Å²) in [5, 5.41) is 4.53. The van der Waals surface area contributed by atoms with Crippen LogP contribution in [0.2, 0.25) is 0 Å². The maximum Gasteiger partial charge on any atom is 0.185 e. The lowest BCUT2D eigenvalue weighted by molar-refractivity contribution is 0.501. The van der Waals surface area contributed by atoms with Crippen molar-refractivity contribution < 1.29 is 0 Å². The Morgan fingerprint density at radius 2 is 2.20 bits per heavy atom. The molecule has 0 aromatic carbocycles. The number of fused-ring (bicyclic) bond motifs is 1. The summed E-state index contributed by atoms with van der Waals surface area (Å²) in [4.78, 5) is 12.5. The Morgan fingerprint density at radius 3 is 2.95 bits per heavy atom. The first-order valence-corrected chi connectivity index (χ1v) is 7.86. The Kier molecular flexibility index (Phi) is 3.98. The van der Waals surface area contributed by atoms with Gasteiger partial charge in [0.1, 0.15) is 0 Å². The van der Waals surface area contributed by atoms with Crippen LogP contribution in [0.5, 0.6) is 0 Å². The number of aryl methyl sites for hydroxylation is 1. The number of aromatic nitrogens is 2. The molecule has 0 spiro atoms. The monoisotopic (exact) mass is 288 g/mol. The zero-order chi connectivity index (χ0) is 13.9. The van der Waals surface area contributed by atoms with E-state index in [-0.39, 0.29) is 0 Å². The van der Waals surface area contributed by atoms with E-state index in [9.17, 15) is 0 Å². The summed E-state index contributed by atoms with van der Waals surface area (Å²) in [5.74, 6) is 0. The molecule has 0 radical (unpaired) electrons. The minimum Gasteiger partial charge on any atom is -0.347 e. The standard InChI is InChI=1S/C15H20N4S/c1-16-12-4-3-5-13-14(12)20-15(18-13)19(2)10-11-6-8-17-9-7-11/h6-9,12,16H,3-5,10H2,1-2H3. The molecule has 2 aromatic heterocycles. The third-order valence-electron chi connectivity index (χ3n) is 3.78. The first-order chi connectivity index (χ1) is 9.78. The van der Waals surface area contributed by atoms with Gasteiger partial charge in [-0.2, -0.15) is 0 Å². The van der Waals surface area contributed by atoms with Crippen LogP contribution in [0.1, 0.15) is 35.0 Å². The summed E-state index contributed by atoms with van der Waals surface area (Å²) in [5.41, 5.74) is 2.55. The van der Waals surface area contributed by atoms with Crippen molar-refractivity contribution in [2.75, 3.05) is 19.0 Å². The zero-order valence-electron chi connectivity index (χ0n) is 12.0. The number of hydrogen-bond acceptors (Lipinski definition) is 5. The van der Waals surface area contributed by atoms with Gasteiger partial charge in [0.05, 0.1) is 5.69 Å². The first-order valence-electron chi connectivity index (χ1n) is 7.05. The largest absolute Gasteiger partial charge is 0.347 e. The van der Waals surface area contributed by atoms with Crippen molar-refractivity contribution in [2.24, 2.45) is 0 Å². The predicted octanol–water partition coefficient (Wildman–Crippen LogP) is 2.77. The SMILES string of the molecule is CNC1CCCc2nc(N(C)Cc3ccncc3)sc21. The fourth-order valence-corrected chi connectivity index (χ4v) is 3.89. The van der Waals surface area contributed by atoms with E-state index in [1.807, 2.05) is 30.8 Å². The van der Waals surface area contributed by atoms with Gasteiger partial charge in [0.25, 0.3) is 0 Å². The second kappa shape index (κ2) is 5.89. The van der Waals surface area contributed by atoms with Gasteiger partial charge in [0.15, 0.2) is 5.13 Å². The molecule has 0 amide bonds. The van der Waals surface area contributed by atoms with Crippen LogP contribution in [0.4, 0.5) is 5.13 Å². The highest BCUT2D eigenvalue weighted by Gasteiger charge is 2.24. The molecule has 20 heavy (non-hydrogen) atoms. The van der Waals surface area contributed by atoms with Gasteiger partial charge in [0, 0.05) is 36.9 Å². The van der Waals surface area contributed by atoms with E-state index in [2.05, 4.69) is 34.4 Å². The van der Waals surface area contributed by atoms with E-state index >= 15 is 0 Å². The van der Waals surface area contributed by atoms with Crippen molar-refractivity contribution in [3.05, 3.63) is 40.7 Å². The molecule has 1 aliphatic carbocycles. The van der Waals surface area contributed by atoms with Crippen LogP contribution in [0.15, 0.2) is 24.5 Å². The molecule has 2 aromatic rings. The Balaban J connectivity index is 1.79. The Labute approximate surface area is 123 Å². The third-order valence-corrected chi connectivity index (χ3v) is 5.11. The second-order valence-electron chi connectivity index (χ2n) is 5.25. The van der Waals surface area contributed by atoms with Crippen LogP contribution < -0.4 is 10.2 Å². The molecule has 0 fully saturated rings. The van der Waals surface area contributed by atoms with Crippen molar-refractivity contribution in [1.29, 1.82) is 0 Å². The van der Waals surface area contributed by atoms with Crippen molar-refractivity contribution in [1.82, 2.24) is 15.3 Å². The molecule has 106 valence electrons. The molecule has 3 rings (SSSR count). The number of nitrogens with one attached hydrogen (secondary N) is 1. The number of thiazole rings is 1. The number of hydrogen-bond donors (Lipinski definition) is 1. The molecule has 2 heterocycles. The fraction of sp³-hybridized carbons (Fsp3) is 0.467. The lowest BCUT2D eigenvalue weighted by Crippen LogP contribution is -2.19. The lowest BCUT2D eigenvalue weighted by atomic mass is 9.98. The van der Waals surface area contributed by atoms with E-state index in [0.717, 1.165) is 18.1 Å². The van der Waals surface area contributed by atoms with Gasteiger partial charge in [-0.05, 0) is 44.0 Å². The van der Waals surface area contributed by atoms with Crippen LogP contribution >= 0.6 is 11.3 Å². The van der Waals surface area contributed by atoms with Gasteiger partial charge in [-0.1, -0.05) is 11.3 Å². The minimum absolute atomic E-state index is 0.485. The molecule has 0 aliphatic heterocycles. The third kappa shape index (κ3) is 2.69. The van der Waals surface area contributed by atoms with E-state index in [1.165, 1.54) is 29.0 Å². The van der Waals surface area contributed by atoms with Crippen molar-refractivity contribution in [2.45, 2.75) is 31.8 Å². The maximum atomic E-state index is 4.83. The minimum atomic E-state index is 0.485. The van der Waals surface area contributed by atoms with Gasteiger partial charge < -0.3 is 10.2 Å². The summed E-state index contributed by atoms with van der Waals surface area (Å²) in [7, 11) is 4.15. The van der Waals surface area contributed by atoms with Crippen molar-refractivity contribution in [3.8, 4) is 0 Å². The Morgan fingerprint density at radius 1 is 1.40 bits per heavy atom. The van der Waals surface area contributed by atoms with Gasteiger partial charge in [-0.3, -0.25) is 4.98 Å². The highest BCUT2D eigenvalue weighted by Crippen LogP contribution is 2.37. The van der Waals surface area contributed by atoms with Crippen LogP contribution in [0, 0.1) is 0 Å². The molecule has 0 bridgehead atoms. The number of anilines is 1. The summed E-state index contributed by atoms with van der Waals surface area (Å²) in [6.45, 7) is 0.874. The fourth-order valence-electron chi connectivity index (χ4n) is 2.68. The molecular formula is C15H20N4S. The number of nitrogens with zero attached hydrogens (tertiary/aromatic N) is 3. The number of rotatable bonds is 4.